The number of aromatic nitrogens is 2. The van der Waals surface area contributed by atoms with Crippen LogP contribution in [0.4, 0.5) is 0 Å². The lowest BCUT2D eigenvalue weighted by Gasteiger charge is -2.33. The average Bonchev–Trinajstić information content (AvgIpc) is 2.97. The second-order valence-electron chi connectivity index (χ2n) is 7.97. The zero-order valence-electron chi connectivity index (χ0n) is 20.7. The van der Waals surface area contributed by atoms with Gasteiger partial charge in [-0.05, 0) is 56.4 Å². The molecule has 0 amide bonds. The summed E-state index contributed by atoms with van der Waals surface area (Å²) in [6, 6.07) is 9.39. The highest BCUT2D eigenvalue weighted by Gasteiger charge is 2.37. The van der Waals surface area contributed by atoms with E-state index in [0.29, 0.717) is 6.42 Å². The topological polar surface area (TPSA) is 101 Å². The van der Waals surface area contributed by atoms with Crippen molar-refractivity contribution in [2.75, 3.05) is 6.54 Å². The Bertz CT molecular complexity index is 857. The second kappa shape index (κ2) is 14.7. The van der Waals surface area contributed by atoms with Crippen LogP contribution in [-0.4, -0.2) is 44.5 Å². The zero-order chi connectivity index (χ0) is 24.9. The van der Waals surface area contributed by atoms with Crippen molar-refractivity contribution < 1.29 is 14.9 Å². The van der Waals surface area contributed by atoms with Gasteiger partial charge >= 0.3 is 0 Å². The standard InChI is InChI=1S/C17H24N2O2.C8H11NO.C2H6/c1-5-17(4)16(20)9-6-12(2)15(21-17)8-7-14-13(3)18-10-11-19-14;9-6-8(10)7-4-2-1-3-5-7;1-2/h7-8,10-11,15-16,20H,2,5-6,9H2,1,3-4H3;1-5,8,10H,6,9H2;1-2H3. The summed E-state index contributed by atoms with van der Waals surface area (Å²) in [6.45, 7) is 14.3. The Morgan fingerprint density at radius 1 is 1.24 bits per heavy atom. The van der Waals surface area contributed by atoms with Crippen LogP contribution in [0.1, 0.15) is 70.0 Å². The number of nitrogens with two attached hydrogens (primary N) is 1. The van der Waals surface area contributed by atoms with Crippen molar-refractivity contribution in [3.63, 3.8) is 0 Å². The quantitative estimate of drug-likeness (QED) is 0.562. The van der Waals surface area contributed by atoms with E-state index in [9.17, 15) is 10.2 Å². The molecule has 1 aliphatic rings. The smallest absolute Gasteiger partial charge is 0.0976 e. The Labute approximate surface area is 199 Å². The van der Waals surface area contributed by atoms with Crippen LogP contribution in [0.15, 0.2) is 61.0 Å². The molecule has 1 aliphatic heterocycles. The van der Waals surface area contributed by atoms with E-state index in [1.54, 1.807) is 12.4 Å². The van der Waals surface area contributed by atoms with Crippen molar-refractivity contribution in [3.05, 3.63) is 77.9 Å². The van der Waals surface area contributed by atoms with Gasteiger partial charge in [-0.1, -0.05) is 57.7 Å². The molecule has 6 nitrogen and oxygen atoms in total. The molecule has 3 rings (SSSR count). The minimum Gasteiger partial charge on any atom is -0.390 e. The summed E-state index contributed by atoms with van der Waals surface area (Å²) in [5.74, 6) is 0. The third kappa shape index (κ3) is 8.82. The molecule has 6 heteroatoms. The van der Waals surface area contributed by atoms with E-state index in [-0.39, 0.29) is 12.6 Å². The van der Waals surface area contributed by atoms with Crippen molar-refractivity contribution in [1.82, 2.24) is 9.97 Å². The zero-order valence-corrected chi connectivity index (χ0v) is 20.7. The fourth-order valence-electron chi connectivity index (χ4n) is 3.29. The lowest BCUT2D eigenvalue weighted by Crippen LogP contribution is -2.42. The van der Waals surface area contributed by atoms with E-state index >= 15 is 0 Å². The Morgan fingerprint density at radius 2 is 1.88 bits per heavy atom. The first-order valence-corrected chi connectivity index (χ1v) is 11.7. The first-order valence-electron chi connectivity index (χ1n) is 11.7. The molecule has 2 aromatic rings. The molecule has 1 saturated heterocycles. The maximum absolute atomic E-state index is 10.3. The lowest BCUT2D eigenvalue weighted by molar-refractivity contribution is -0.118. The van der Waals surface area contributed by atoms with E-state index in [0.717, 1.165) is 35.4 Å². The molecule has 0 bridgehead atoms. The molecule has 0 spiro atoms. The van der Waals surface area contributed by atoms with Crippen LogP contribution in [0.5, 0.6) is 0 Å². The Hall–Kier alpha value is -2.38. The van der Waals surface area contributed by atoms with Crippen LogP contribution in [0, 0.1) is 6.92 Å². The number of hydrogen-bond acceptors (Lipinski definition) is 6. The minimum atomic E-state index is -0.536. The molecule has 4 N–H and O–H groups in total. The average molecular weight is 456 g/mol. The van der Waals surface area contributed by atoms with Crippen molar-refractivity contribution in [2.24, 2.45) is 5.73 Å². The molecular weight excluding hydrogens is 414 g/mol. The van der Waals surface area contributed by atoms with Gasteiger partial charge in [0.2, 0.25) is 0 Å². The van der Waals surface area contributed by atoms with Gasteiger partial charge in [0, 0.05) is 18.9 Å². The van der Waals surface area contributed by atoms with Crippen molar-refractivity contribution >= 4 is 6.08 Å². The van der Waals surface area contributed by atoms with Gasteiger partial charge in [-0.3, -0.25) is 9.97 Å². The van der Waals surface area contributed by atoms with Crippen LogP contribution in [0.25, 0.3) is 6.08 Å². The predicted molar refractivity (Wildman–Crippen MR) is 136 cm³/mol. The SMILES string of the molecule is C=C1CCC(O)C(C)(CC)OC1C=Cc1nccnc1C.CC.NCC(O)c1ccccc1. The molecule has 33 heavy (non-hydrogen) atoms. The summed E-state index contributed by atoms with van der Waals surface area (Å²) in [4.78, 5) is 8.52. The number of ether oxygens (including phenoxy) is 1. The van der Waals surface area contributed by atoms with E-state index in [2.05, 4.69) is 16.5 Å². The summed E-state index contributed by atoms with van der Waals surface area (Å²) < 4.78 is 6.15. The third-order valence-corrected chi connectivity index (χ3v) is 5.70. The fraction of sp³-hybridized carbons (Fsp3) is 0.481. The van der Waals surface area contributed by atoms with E-state index in [1.807, 2.05) is 77.1 Å². The van der Waals surface area contributed by atoms with Crippen LogP contribution in [0.2, 0.25) is 0 Å². The lowest BCUT2D eigenvalue weighted by atomic mass is 9.93. The largest absolute Gasteiger partial charge is 0.390 e. The third-order valence-electron chi connectivity index (χ3n) is 5.70. The molecule has 182 valence electrons. The highest BCUT2D eigenvalue weighted by molar-refractivity contribution is 5.48. The number of rotatable bonds is 5. The molecule has 0 radical (unpaired) electrons. The van der Waals surface area contributed by atoms with E-state index in [1.165, 1.54) is 0 Å². The Morgan fingerprint density at radius 3 is 2.45 bits per heavy atom. The van der Waals surface area contributed by atoms with Gasteiger partial charge in [0.25, 0.3) is 0 Å². The highest BCUT2D eigenvalue weighted by Crippen LogP contribution is 2.33. The van der Waals surface area contributed by atoms with Gasteiger partial charge < -0.3 is 20.7 Å². The second-order valence-corrected chi connectivity index (χ2v) is 7.97. The maximum Gasteiger partial charge on any atom is 0.0976 e. The summed E-state index contributed by atoms with van der Waals surface area (Å²) >= 11 is 0. The van der Waals surface area contributed by atoms with Crippen LogP contribution in [-0.2, 0) is 4.74 Å². The van der Waals surface area contributed by atoms with Gasteiger partial charge in [0.05, 0.1) is 35.3 Å². The van der Waals surface area contributed by atoms with Gasteiger partial charge in [-0.2, -0.15) is 0 Å². The monoisotopic (exact) mass is 455 g/mol. The Kier molecular flexibility index (Phi) is 12.8. The molecular formula is C27H41N3O3. The molecule has 0 saturated carbocycles. The van der Waals surface area contributed by atoms with Gasteiger partial charge in [-0.15, -0.1) is 0 Å². The van der Waals surface area contributed by atoms with Crippen molar-refractivity contribution in [3.8, 4) is 0 Å². The van der Waals surface area contributed by atoms with Gasteiger partial charge in [0.1, 0.15) is 0 Å². The van der Waals surface area contributed by atoms with Crippen LogP contribution >= 0.6 is 0 Å². The molecule has 1 fully saturated rings. The van der Waals surface area contributed by atoms with Gasteiger partial charge in [0.15, 0.2) is 0 Å². The summed E-state index contributed by atoms with van der Waals surface area (Å²) in [6.07, 6.45) is 8.29. The first-order chi connectivity index (χ1) is 15.8. The number of benzene rings is 1. The predicted octanol–water partition coefficient (Wildman–Crippen LogP) is 4.77. The Balaban J connectivity index is 0.000000380. The summed E-state index contributed by atoms with van der Waals surface area (Å²) in [5, 5.41) is 19.5. The number of aliphatic hydroxyl groups is 2. The maximum atomic E-state index is 10.3. The fourth-order valence-corrected chi connectivity index (χ4v) is 3.29. The molecule has 1 aromatic carbocycles. The summed E-state index contributed by atoms with van der Waals surface area (Å²) in [5.41, 5.74) is 8.30. The van der Waals surface area contributed by atoms with E-state index < -0.39 is 17.8 Å². The molecule has 4 unspecified atom stereocenters. The van der Waals surface area contributed by atoms with Crippen LogP contribution in [0.3, 0.4) is 0 Å². The molecule has 1 aromatic heterocycles. The minimum absolute atomic E-state index is 0.200. The number of nitrogens with zero attached hydrogens (tertiary/aromatic N) is 2. The number of aliphatic hydroxyl groups excluding tert-OH is 2. The molecule has 2 heterocycles. The summed E-state index contributed by atoms with van der Waals surface area (Å²) in [7, 11) is 0. The van der Waals surface area contributed by atoms with Crippen molar-refractivity contribution in [2.45, 2.75) is 77.8 Å². The number of hydrogen-bond donors (Lipinski definition) is 3. The van der Waals surface area contributed by atoms with Crippen molar-refractivity contribution in [1.29, 1.82) is 0 Å². The number of aryl methyl sites for hydroxylation is 1. The van der Waals surface area contributed by atoms with Gasteiger partial charge in [-0.25, -0.2) is 0 Å². The molecule has 0 aliphatic carbocycles. The normalized spacial score (nSPS) is 23.6. The van der Waals surface area contributed by atoms with Crippen LogP contribution < -0.4 is 5.73 Å². The highest BCUT2D eigenvalue weighted by atomic mass is 16.5. The molecule has 4 atom stereocenters. The van der Waals surface area contributed by atoms with E-state index in [4.69, 9.17) is 10.5 Å². The first kappa shape index (κ1) is 28.7.